The summed E-state index contributed by atoms with van der Waals surface area (Å²) in [6, 6.07) is 11.9. The number of thiophene rings is 2. The number of ether oxygens (including phenoxy) is 1. The van der Waals surface area contributed by atoms with Crippen molar-refractivity contribution in [2.75, 3.05) is 11.9 Å². The third-order valence-corrected chi connectivity index (χ3v) is 6.68. The predicted octanol–water partition coefficient (Wildman–Crippen LogP) is 6.19. The Kier molecular flexibility index (Phi) is 5.74. The molecule has 4 rings (SSSR count). The minimum atomic E-state index is -0.434. The number of nitrogens with one attached hydrogen (secondary N) is 1. The van der Waals surface area contributed by atoms with Crippen molar-refractivity contribution in [3.8, 4) is 11.1 Å². The highest BCUT2D eigenvalue weighted by Gasteiger charge is 2.24. The zero-order valence-corrected chi connectivity index (χ0v) is 18.7. The van der Waals surface area contributed by atoms with E-state index in [9.17, 15) is 9.59 Å². The van der Waals surface area contributed by atoms with Crippen LogP contribution < -0.4 is 5.32 Å². The summed E-state index contributed by atoms with van der Waals surface area (Å²) in [5, 5.41) is 7.37. The van der Waals surface area contributed by atoms with Crippen molar-refractivity contribution in [1.29, 1.82) is 0 Å². The molecule has 0 aliphatic carbocycles. The first-order chi connectivity index (χ1) is 14.5. The summed E-state index contributed by atoms with van der Waals surface area (Å²) < 4.78 is 8.35. The number of esters is 1. The lowest BCUT2D eigenvalue weighted by Gasteiger charge is -2.10. The Morgan fingerprint density at radius 3 is 2.57 bits per heavy atom. The zero-order valence-electron chi connectivity index (χ0n) is 17.0. The van der Waals surface area contributed by atoms with Gasteiger partial charge in [-0.1, -0.05) is 29.8 Å². The van der Waals surface area contributed by atoms with Gasteiger partial charge in [0.25, 0.3) is 5.91 Å². The lowest BCUT2D eigenvalue weighted by Crippen LogP contribution is -2.18. The summed E-state index contributed by atoms with van der Waals surface area (Å²) in [5.74, 6) is -0.667. The number of carbonyl (C=O) groups is 2. The molecule has 0 bridgehead atoms. The van der Waals surface area contributed by atoms with Gasteiger partial charge in [-0.05, 0) is 43.8 Å². The molecule has 154 valence electrons. The van der Waals surface area contributed by atoms with Crippen LogP contribution in [-0.2, 0) is 11.3 Å². The number of anilines is 1. The molecule has 3 aromatic heterocycles. The molecule has 0 fully saturated rings. The minimum absolute atomic E-state index is 0.233. The van der Waals surface area contributed by atoms with Gasteiger partial charge in [0.2, 0.25) is 0 Å². The molecule has 3 heterocycles. The molecule has 7 heteroatoms. The molecule has 1 aromatic carbocycles. The molecule has 0 aliphatic heterocycles. The summed E-state index contributed by atoms with van der Waals surface area (Å²) in [6.45, 7) is 6.76. The molecular weight excluding hydrogens is 416 g/mol. The Hall–Kier alpha value is -2.90. The molecule has 5 nitrogen and oxygen atoms in total. The fourth-order valence-electron chi connectivity index (χ4n) is 3.47. The average Bonchev–Trinajstić information content (AvgIpc) is 3.42. The van der Waals surface area contributed by atoms with E-state index in [1.54, 1.807) is 18.3 Å². The molecule has 0 saturated carbocycles. The van der Waals surface area contributed by atoms with Gasteiger partial charge in [0.1, 0.15) is 16.3 Å². The van der Waals surface area contributed by atoms with Crippen LogP contribution in [0.5, 0.6) is 0 Å². The van der Waals surface area contributed by atoms with E-state index in [0.717, 1.165) is 26.9 Å². The highest BCUT2D eigenvalue weighted by molar-refractivity contribution is 7.17. The molecule has 0 radical (unpaired) electrons. The topological polar surface area (TPSA) is 60.3 Å². The predicted molar refractivity (Wildman–Crippen MR) is 124 cm³/mol. The van der Waals surface area contributed by atoms with Crippen molar-refractivity contribution < 1.29 is 14.3 Å². The zero-order chi connectivity index (χ0) is 21.3. The van der Waals surface area contributed by atoms with Gasteiger partial charge in [0, 0.05) is 17.5 Å². The fourth-order valence-corrected chi connectivity index (χ4v) is 5.25. The van der Waals surface area contributed by atoms with Gasteiger partial charge >= 0.3 is 5.97 Å². The maximum Gasteiger partial charge on any atom is 0.341 e. The third-order valence-electron chi connectivity index (χ3n) is 4.93. The SMILES string of the molecule is CCOC(=O)c1c(-c2ccc(C)cc2)csc1NC(=O)c1cc2sccc2n1CC. The third kappa shape index (κ3) is 3.66. The Balaban J connectivity index is 1.72. The number of amides is 1. The second kappa shape index (κ2) is 8.45. The van der Waals surface area contributed by atoms with Crippen LogP contribution >= 0.6 is 22.7 Å². The highest BCUT2D eigenvalue weighted by atomic mass is 32.1. The number of benzene rings is 1. The van der Waals surface area contributed by atoms with Crippen molar-refractivity contribution in [2.45, 2.75) is 27.3 Å². The van der Waals surface area contributed by atoms with Crippen molar-refractivity contribution in [3.05, 3.63) is 64.0 Å². The second-order valence-corrected chi connectivity index (χ2v) is 8.67. The normalized spacial score (nSPS) is 11.0. The highest BCUT2D eigenvalue weighted by Crippen LogP contribution is 2.37. The van der Waals surface area contributed by atoms with Gasteiger partial charge in [-0.2, -0.15) is 0 Å². The molecule has 0 aliphatic rings. The van der Waals surface area contributed by atoms with Gasteiger partial charge in [-0.15, -0.1) is 22.7 Å². The molecule has 0 spiro atoms. The van der Waals surface area contributed by atoms with E-state index in [2.05, 4.69) is 5.32 Å². The first kappa shape index (κ1) is 20.4. The summed E-state index contributed by atoms with van der Waals surface area (Å²) >= 11 is 2.94. The standard InChI is InChI=1S/C23H22N2O3S2/c1-4-25-17-10-11-29-19(17)12-18(25)21(26)24-22-20(23(27)28-5-2)16(13-30-22)15-8-6-14(3)7-9-15/h6-13H,4-5H2,1-3H3,(H,24,26). The summed E-state index contributed by atoms with van der Waals surface area (Å²) in [4.78, 5) is 25.9. The number of aromatic nitrogens is 1. The molecule has 0 unspecified atom stereocenters. The number of nitrogens with zero attached hydrogens (tertiary/aromatic N) is 1. The number of aryl methyl sites for hydroxylation is 2. The lowest BCUT2D eigenvalue weighted by atomic mass is 10.0. The molecule has 30 heavy (non-hydrogen) atoms. The van der Waals surface area contributed by atoms with Gasteiger partial charge in [0.15, 0.2) is 0 Å². The van der Waals surface area contributed by atoms with Crippen LogP contribution in [0.2, 0.25) is 0 Å². The van der Waals surface area contributed by atoms with Crippen LogP contribution in [0.4, 0.5) is 5.00 Å². The number of rotatable bonds is 6. The van der Waals surface area contributed by atoms with Crippen molar-refractivity contribution in [1.82, 2.24) is 4.57 Å². The van der Waals surface area contributed by atoms with Crippen molar-refractivity contribution >= 4 is 49.8 Å². The Morgan fingerprint density at radius 1 is 1.10 bits per heavy atom. The van der Waals surface area contributed by atoms with Crippen LogP contribution in [0.3, 0.4) is 0 Å². The summed E-state index contributed by atoms with van der Waals surface area (Å²) in [5.41, 5.74) is 4.85. The van der Waals surface area contributed by atoms with E-state index in [0.29, 0.717) is 22.8 Å². The monoisotopic (exact) mass is 438 g/mol. The number of hydrogen-bond donors (Lipinski definition) is 1. The van der Waals surface area contributed by atoms with E-state index < -0.39 is 5.97 Å². The van der Waals surface area contributed by atoms with Gasteiger partial charge in [0.05, 0.1) is 16.8 Å². The smallest absolute Gasteiger partial charge is 0.341 e. The Bertz CT molecular complexity index is 1220. The van der Waals surface area contributed by atoms with Crippen LogP contribution in [0.15, 0.2) is 47.2 Å². The molecule has 1 N–H and O–H groups in total. The van der Waals surface area contributed by atoms with E-state index in [1.807, 2.05) is 65.6 Å². The lowest BCUT2D eigenvalue weighted by molar-refractivity contribution is 0.0529. The van der Waals surface area contributed by atoms with Crippen LogP contribution in [0, 0.1) is 6.92 Å². The number of carbonyl (C=O) groups excluding carboxylic acids is 2. The van der Waals surface area contributed by atoms with E-state index in [-0.39, 0.29) is 12.5 Å². The molecule has 1 amide bonds. The number of hydrogen-bond acceptors (Lipinski definition) is 5. The average molecular weight is 439 g/mol. The first-order valence-corrected chi connectivity index (χ1v) is 11.5. The maximum absolute atomic E-state index is 13.1. The molecule has 0 saturated heterocycles. The van der Waals surface area contributed by atoms with E-state index in [4.69, 9.17) is 4.74 Å². The van der Waals surface area contributed by atoms with Crippen LogP contribution in [0.1, 0.15) is 40.3 Å². The second-order valence-electron chi connectivity index (χ2n) is 6.84. The van der Waals surface area contributed by atoms with Gasteiger partial charge < -0.3 is 14.6 Å². The largest absolute Gasteiger partial charge is 0.462 e. The van der Waals surface area contributed by atoms with Crippen molar-refractivity contribution in [2.24, 2.45) is 0 Å². The first-order valence-electron chi connectivity index (χ1n) is 9.77. The Labute approximate surface area is 182 Å². The minimum Gasteiger partial charge on any atom is -0.462 e. The Morgan fingerprint density at radius 2 is 1.87 bits per heavy atom. The van der Waals surface area contributed by atoms with Crippen LogP contribution in [0.25, 0.3) is 21.3 Å². The summed E-state index contributed by atoms with van der Waals surface area (Å²) in [6.07, 6.45) is 0. The molecular formula is C23H22N2O3S2. The number of fused-ring (bicyclic) bond motifs is 1. The van der Waals surface area contributed by atoms with E-state index in [1.165, 1.54) is 11.3 Å². The van der Waals surface area contributed by atoms with Crippen molar-refractivity contribution in [3.63, 3.8) is 0 Å². The van der Waals surface area contributed by atoms with Gasteiger partial charge in [-0.25, -0.2) is 4.79 Å². The van der Waals surface area contributed by atoms with Crippen LogP contribution in [-0.4, -0.2) is 23.1 Å². The fraction of sp³-hybridized carbons (Fsp3) is 0.217. The van der Waals surface area contributed by atoms with Gasteiger partial charge in [-0.3, -0.25) is 4.79 Å². The quantitative estimate of drug-likeness (QED) is 0.365. The van der Waals surface area contributed by atoms with E-state index >= 15 is 0 Å². The molecule has 4 aromatic rings. The maximum atomic E-state index is 13.1. The summed E-state index contributed by atoms with van der Waals surface area (Å²) in [7, 11) is 0. The molecule has 0 atom stereocenters.